The molecule has 0 bridgehead atoms. The molecule has 2 rings (SSSR count). The van der Waals surface area contributed by atoms with Crippen molar-refractivity contribution >= 4 is 28.8 Å². The van der Waals surface area contributed by atoms with Gasteiger partial charge in [0.15, 0.2) is 0 Å². The van der Waals surface area contributed by atoms with E-state index in [1.165, 1.54) is 0 Å². The number of nitrogens with zero attached hydrogens (tertiary/aromatic N) is 2. The highest BCUT2D eigenvalue weighted by Crippen LogP contribution is 2.09. The Balaban J connectivity index is 1.97. The molecule has 1 amide bonds. The summed E-state index contributed by atoms with van der Waals surface area (Å²) in [5.74, 6) is -0.137. The van der Waals surface area contributed by atoms with Crippen molar-refractivity contribution < 1.29 is 4.79 Å². The van der Waals surface area contributed by atoms with Crippen molar-refractivity contribution in [1.29, 1.82) is 0 Å². The average Bonchev–Trinajstić information content (AvgIpc) is 2.82. The van der Waals surface area contributed by atoms with Crippen LogP contribution in [0, 0.1) is 0 Å². The zero-order valence-corrected chi connectivity index (χ0v) is 10.4. The summed E-state index contributed by atoms with van der Waals surface area (Å²) < 4.78 is 1.55. The van der Waals surface area contributed by atoms with Crippen molar-refractivity contribution in [3.05, 3.63) is 48.3 Å². The number of hydrogen-bond donors (Lipinski definition) is 2. The number of anilines is 1. The Morgan fingerprint density at radius 3 is 2.67 bits per heavy atom. The van der Waals surface area contributed by atoms with Gasteiger partial charge in [0, 0.05) is 23.6 Å². The van der Waals surface area contributed by atoms with Crippen LogP contribution in [0.2, 0.25) is 0 Å². The smallest absolute Gasteiger partial charge is 0.246 e. The summed E-state index contributed by atoms with van der Waals surface area (Å²) in [7, 11) is 0. The quantitative estimate of drug-likeness (QED) is 0.809. The Hall–Kier alpha value is -2.21. The first-order chi connectivity index (χ1) is 8.65. The first kappa shape index (κ1) is 12.3. The van der Waals surface area contributed by atoms with Crippen LogP contribution < -0.4 is 11.1 Å². The van der Waals surface area contributed by atoms with Gasteiger partial charge in [0.1, 0.15) is 11.5 Å². The Morgan fingerprint density at radius 2 is 2.11 bits per heavy atom. The van der Waals surface area contributed by atoms with E-state index in [1.54, 1.807) is 47.4 Å². The molecule has 0 saturated carbocycles. The standard InChI is InChI=1S/C12H12N4OS/c13-12(18)9-2-4-10(5-3-9)15-11(17)8-16-7-1-6-14-16/h1-7H,8H2,(H2,13,18)(H,15,17). The number of rotatable bonds is 4. The van der Waals surface area contributed by atoms with Crippen molar-refractivity contribution in [2.45, 2.75) is 6.54 Å². The minimum absolute atomic E-state index is 0.137. The molecule has 0 spiro atoms. The van der Waals surface area contributed by atoms with E-state index >= 15 is 0 Å². The van der Waals surface area contributed by atoms with Crippen molar-refractivity contribution in [2.24, 2.45) is 5.73 Å². The van der Waals surface area contributed by atoms with Gasteiger partial charge in [0.05, 0.1) is 0 Å². The Morgan fingerprint density at radius 1 is 1.39 bits per heavy atom. The number of hydrogen-bond acceptors (Lipinski definition) is 3. The van der Waals surface area contributed by atoms with Gasteiger partial charge in [0.25, 0.3) is 0 Å². The molecule has 3 N–H and O–H groups in total. The number of nitrogens with two attached hydrogens (primary N) is 1. The number of carbonyl (C=O) groups is 1. The van der Waals surface area contributed by atoms with Gasteiger partial charge >= 0.3 is 0 Å². The molecule has 1 aromatic carbocycles. The third kappa shape index (κ3) is 3.14. The van der Waals surface area contributed by atoms with Crippen LogP contribution in [0.25, 0.3) is 0 Å². The molecular formula is C12H12N4OS. The van der Waals surface area contributed by atoms with E-state index in [4.69, 9.17) is 18.0 Å². The first-order valence-electron chi connectivity index (χ1n) is 5.32. The van der Waals surface area contributed by atoms with Crippen LogP contribution in [0.1, 0.15) is 5.56 Å². The molecule has 0 aliphatic heterocycles. The largest absolute Gasteiger partial charge is 0.389 e. The maximum atomic E-state index is 11.7. The molecule has 0 saturated heterocycles. The summed E-state index contributed by atoms with van der Waals surface area (Å²) in [5.41, 5.74) is 6.96. The summed E-state index contributed by atoms with van der Waals surface area (Å²) in [6.45, 7) is 0.185. The summed E-state index contributed by atoms with van der Waals surface area (Å²) in [6.07, 6.45) is 3.36. The molecule has 0 atom stereocenters. The minimum atomic E-state index is -0.137. The van der Waals surface area contributed by atoms with Crippen molar-refractivity contribution in [3.8, 4) is 0 Å². The van der Waals surface area contributed by atoms with E-state index in [1.807, 2.05) is 0 Å². The summed E-state index contributed by atoms with van der Waals surface area (Å²) in [5, 5.41) is 6.72. The number of benzene rings is 1. The molecule has 0 unspecified atom stereocenters. The first-order valence-corrected chi connectivity index (χ1v) is 5.73. The van der Waals surface area contributed by atoms with Gasteiger partial charge in [-0.2, -0.15) is 5.10 Å². The molecule has 1 aromatic heterocycles. The van der Waals surface area contributed by atoms with Crippen LogP contribution in [-0.2, 0) is 11.3 Å². The van der Waals surface area contributed by atoms with E-state index in [9.17, 15) is 4.79 Å². The van der Waals surface area contributed by atoms with Crippen LogP contribution in [0.5, 0.6) is 0 Å². The second-order valence-corrected chi connectivity index (χ2v) is 4.13. The lowest BCUT2D eigenvalue weighted by Crippen LogP contribution is -2.19. The Bertz CT molecular complexity index is 548. The molecule has 0 radical (unpaired) electrons. The minimum Gasteiger partial charge on any atom is -0.389 e. The molecule has 6 heteroatoms. The lowest BCUT2D eigenvalue weighted by Gasteiger charge is -2.06. The number of aromatic nitrogens is 2. The van der Waals surface area contributed by atoms with Crippen molar-refractivity contribution in [2.75, 3.05) is 5.32 Å². The molecule has 0 fully saturated rings. The normalized spacial score (nSPS) is 10.0. The molecule has 18 heavy (non-hydrogen) atoms. The van der Waals surface area contributed by atoms with Gasteiger partial charge in [-0.1, -0.05) is 12.2 Å². The number of carbonyl (C=O) groups excluding carboxylic acids is 1. The van der Waals surface area contributed by atoms with Gasteiger partial charge in [-0.05, 0) is 30.3 Å². The highest BCUT2D eigenvalue weighted by Gasteiger charge is 2.04. The number of nitrogens with one attached hydrogen (secondary N) is 1. The topological polar surface area (TPSA) is 72.9 Å². The molecule has 1 heterocycles. The summed E-state index contributed by atoms with van der Waals surface area (Å²) in [6, 6.07) is 8.83. The fourth-order valence-electron chi connectivity index (χ4n) is 1.46. The number of thiocarbonyl (C=S) groups is 1. The van der Waals surface area contributed by atoms with Gasteiger partial charge in [-0.3, -0.25) is 9.48 Å². The van der Waals surface area contributed by atoms with E-state index < -0.39 is 0 Å². The van der Waals surface area contributed by atoms with Gasteiger partial charge < -0.3 is 11.1 Å². The van der Waals surface area contributed by atoms with E-state index in [0.29, 0.717) is 10.7 Å². The predicted octanol–water partition coefficient (Wildman–Crippen LogP) is 1.16. The lowest BCUT2D eigenvalue weighted by atomic mass is 10.2. The van der Waals surface area contributed by atoms with Gasteiger partial charge in [0.2, 0.25) is 5.91 Å². The van der Waals surface area contributed by atoms with Crippen LogP contribution in [0.4, 0.5) is 5.69 Å². The molecule has 5 nitrogen and oxygen atoms in total. The second kappa shape index (κ2) is 5.42. The maximum Gasteiger partial charge on any atom is 0.246 e. The van der Waals surface area contributed by atoms with Gasteiger partial charge in [-0.25, -0.2) is 0 Å². The second-order valence-electron chi connectivity index (χ2n) is 3.69. The summed E-state index contributed by atoms with van der Waals surface area (Å²) in [4.78, 5) is 12.0. The highest BCUT2D eigenvalue weighted by molar-refractivity contribution is 7.80. The lowest BCUT2D eigenvalue weighted by molar-refractivity contribution is -0.116. The Labute approximate surface area is 110 Å². The molecule has 0 aliphatic rings. The third-order valence-electron chi connectivity index (χ3n) is 2.32. The average molecular weight is 260 g/mol. The van der Waals surface area contributed by atoms with Crippen LogP contribution in [0.15, 0.2) is 42.7 Å². The number of amides is 1. The predicted molar refractivity (Wildman–Crippen MR) is 73.2 cm³/mol. The SMILES string of the molecule is NC(=S)c1ccc(NC(=O)Cn2cccn2)cc1. The van der Waals surface area contributed by atoms with E-state index in [-0.39, 0.29) is 12.5 Å². The fraction of sp³-hybridized carbons (Fsp3) is 0.0833. The van der Waals surface area contributed by atoms with Crippen molar-refractivity contribution in [3.63, 3.8) is 0 Å². The molecule has 0 aliphatic carbocycles. The zero-order chi connectivity index (χ0) is 13.0. The van der Waals surface area contributed by atoms with Crippen LogP contribution in [0.3, 0.4) is 0 Å². The highest BCUT2D eigenvalue weighted by atomic mass is 32.1. The van der Waals surface area contributed by atoms with Crippen LogP contribution in [-0.4, -0.2) is 20.7 Å². The Kier molecular flexibility index (Phi) is 3.69. The van der Waals surface area contributed by atoms with E-state index in [2.05, 4.69) is 10.4 Å². The van der Waals surface area contributed by atoms with Crippen LogP contribution >= 0.6 is 12.2 Å². The maximum absolute atomic E-state index is 11.7. The van der Waals surface area contributed by atoms with Gasteiger partial charge in [-0.15, -0.1) is 0 Å². The fourth-order valence-corrected chi connectivity index (χ4v) is 1.60. The monoisotopic (exact) mass is 260 g/mol. The van der Waals surface area contributed by atoms with Crippen molar-refractivity contribution in [1.82, 2.24) is 9.78 Å². The summed E-state index contributed by atoms with van der Waals surface area (Å²) >= 11 is 4.85. The van der Waals surface area contributed by atoms with E-state index in [0.717, 1.165) is 5.56 Å². The molecule has 2 aromatic rings. The zero-order valence-electron chi connectivity index (χ0n) is 9.54. The molecular weight excluding hydrogens is 248 g/mol. The molecule has 92 valence electrons. The third-order valence-corrected chi connectivity index (χ3v) is 2.55.